The molecule has 5 heteroatoms. The maximum atomic E-state index is 10.2. The van der Waals surface area contributed by atoms with Crippen LogP contribution in [0.25, 0.3) is 0 Å². The molecule has 1 amide bonds. The van der Waals surface area contributed by atoms with E-state index in [1.807, 2.05) is 24.3 Å². The van der Waals surface area contributed by atoms with Crippen molar-refractivity contribution in [2.24, 2.45) is 0 Å². The number of carbonyl (C=O) groups is 1. The highest BCUT2D eigenvalue weighted by Crippen LogP contribution is 2.12. The van der Waals surface area contributed by atoms with Gasteiger partial charge in [0.15, 0.2) is 0 Å². The van der Waals surface area contributed by atoms with E-state index in [-0.39, 0.29) is 6.61 Å². The van der Waals surface area contributed by atoms with E-state index in [0.29, 0.717) is 13.2 Å². The zero-order chi connectivity index (χ0) is 13.9. The van der Waals surface area contributed by atoms with Gasteiger partial charge in [-0.05, 0) is 30.5 Å². The highest BCUT2D eigenvalue weighted by atomic mass is 16.5. The molecule has 0 saturated carbocycles. The minimum absolute atomic E-state index is 0.0463. The largest absolute Gasteiger partial charge is 0.494 e. The lowest BCUT2D eigenvalue weighted by Gasteiger charge is -2.06. The number of aliphatic hydroxyl groups is 1. The van der Waals surface area contributed by atoms with E-state index < -0.39 is 6.09 Å². The third-order valence-corrected chi connectivity index (χ3v) is 2.72. The van der Waals surface area contributed by atoms with Gasteiger partial charge in [-0.1, -0.05) is 25.0 Å². The van der Waals surface area contributed by atoms with E-state index in [0.717, 1.165) is 37.0 Å². The lowest BCUT2D eigenvalue weighted by molar-refractivity contribution is 0.194. The Bertz CT molecular complexity index is 364. The maximum Gasteiger partial charge on any atom is 0.404 e. The smallest absolute Gasteiger partial charge is 0.404 e. The van der Waals surface area contributed by atoms with Crippen molar-refractivity contribution >= 4 is 6.09 Å². The van der Waals surface area contributed by atoms with Gasteiger partial charge in [-0.2, -0.15) is 0 Å². The van der Waals surface area contributed by atoms with Gasteiger partial charge in [-0.15, -0.1) is 0 Å². The number of benzene rings is 1. The van der Waals surface area contributed by atoms with Crippen LogP contribution in [0.1, 0.15) is 31.2 Å². The first-order valence-corrected chi connectivity index (χ1v) is 6.52. The Morgan fingerprint density at radius 3 is 2.42 bits per heavy atom. The topological polar surface area (TPSA) is 78.8 Å². The van der Waals surface area contributed by atoms with E-state index in [1.165, 1.54) is 0 Å². The van der Waals surface area contributed by atoms with Crippen molar-refractivity contribution < 1.29 is 19.7 Å². The van der Waals surface area contributed by atoms with Gasteiger partial charge in [-0.25, -0.2) is 4.79 Å². The van der Waals surface area contributed by atoms with Crippen LogP contribution in [0.5, 0.6) is 5.75 Å². The molecule has 0 bridgehead atoms. The number of nitrogens with one attached hydrogen (secondary N) is 1. The van der Waals surface area contributed by atoms with Crippen molar-refractivity contribution in [3.05, 3.63) is 29.8 Å². The molecule has 0 atom stereocenters. The molecular formula is C14H21NO4. The second-order valence-corrected chi connectivity index (χ2v) is 4.30. The summed E-state index contributed by atoms with van der Waals surface area (Å²) in [5.74, 6) is 0.810. The van der Waals surface area contributed by atoms with Gasteiger partial charge in [0.25, 0.3) is 0 Å². The van der Waals surface area contributed by atoms with Crippen LogP contribution in [-0.4, -0.2) is 29.5 Å². The normalized spacial score (nSPS) is 10.2. The summed E-state index contributed by atoms with van der Waals surface area (Å²) in [4.78, 5) is 10.2. The third kappa shape index (κ3) is 7.31. The van der Waals surface area contributed by atoms with Crippen LogP contribution in [0, 0.1) is 0 Å². The highest BCUT2D eigenvalue weighted by molar-refractivity contribution is 5.64. The lowest BCUT2D eigenvalue weighted by atomic mass is 10.2. The summed E-state index contributed by atoms with van der Waals surface area (Å²) >= 11 is 0. The summed E-state index contributed by atoms with van der Waals surface area (Å²) in [7, 11) is 0. The molecule has 0 heterocycles. The van der Waals surface area contributed by atoms with Crippen molar-refractivity contribution in [3.63, 3.8) is 0 Å². The molecule has 1 aromatic carbocycles. The molecule has 0 radical (unpaired) electrons. The molecular weight excluding hydrogens is 246 g/mol. The van der Waals surface area contributed by atoms with Crippen molar-refractivity contribution in [2.45, 2.75) is 32.3 Å². The van der Waals surface area contributed by atoms with Crippen LogP contribution < -0.4 is 10.1 Å². The number of aliphatic hydroxyl groups excluding tert-OH is 1. The van der Waals surface area contributed by atoms with E-state index in [4.69, 9.17) is 14.9 Å². The monoisotopic (exact) mass is 267 g/mol. The zero-order valence-electron chi connectivity index (χ0n) is 11.0. The van der Waals surface area contributed by atoms with Crippen molar-refractivity contribution in [1.29, 1.82) is 0 Å². The molecule has 0 aliphatic rings. The molecule has 1 aromatic rings. The van der Waals surface area contributed by atoms with Crippen LogP contribution >= 0.6 is 0 Å². The number of carboxylic acid groups (broad SMARTS) is 1. The molecule has 0 saturated heterocycles. The number of hydrogen-bond donors (Lipinski definition) is 3. The molecule has 1 rings (SSSR count). The molecule has 0 spiro atoms. The fourth-order valence-corrected chi connectivity index (χ4v) is 1.66. The summed E-state index contributed by atoms with van der Waals surface area (Å²) in [5.41, 5.74) is 0.873. The molecule has 106 valence electrons. The quantitative estimate of drug-likeness (QED) is 0.600. The Labute approximate surface area is 113 Å². The number of ether oxygens (including phenoxy) is 1. The first-order valence-electron chi connectivity index (χ1n) is 6.52. The first-order chi connectivity index (χ1) is 9.22. The van der Waals surface area contributed by atoms with E-state index in [9.17, 15) is 4.79 Å². The summed E-state index contributed by atoms with van der Waals surface area (Å²) in [5, 5.41) is 19.6. The average Bonchev–Trinajstić information content (AvgIpc) is 2.42. The SMILES string of the molecule is O=C(O)NCCCCCCOc1ccc(CO)cc1. The van der Waals surface area contributed by atoms with Crippen molar-refractivity contribution in [1.82, 2.24) is 5.32 Å². The molecule has 3 N–H and O–H groups in total. The van der Waals surface area contributed by atoms with Crippen LogP contribution in [-0.2, 0) is 6.61 Å². The van der Waals surface area contributed by atoms with Gasteiger partial charge in [0, 0.05) is 6.54 Å². The maximum absolute atomic E-state index is 10.2. The molecule has 0 aliphatic heterocycles. The molecule has 0 aliphatic carbocycles. The lowest BCUT2D eigenvalue weighted by Crippen LogP contribution is -2.21. The standard InChI is InChI=1S/C14H21NO4/c16-11-12-5-7-13(8-6-12)19-10-4-2-1-3-9-15-14(17)18/h5-8,15-16H,1-4,9-11H2,(H,17,18). The number of rotatable bonds is 9. The summed E-state index contributed by atoms with van der Waals surface area (Å²) < 4.78 is 5.56. The van der Waals surface area contributed by atoms with E-state index in [2.05, 4.69) is 5.32 Å². The van der Waals surface area contributed by atoms with Gasteiger partial charge in [0.1, 0.15) is 5.75 Å². The highest BCUT2D eigenvalue weighted by Gasteiger charge is 1.96. The number of unbranched alkanes of at least 4 members (excludes halogenated alkanes) is 3. The van der Waals surface area contributed by atoms with Crippen molar-refractivity contribution in [3.8, 4) is 5.75 Å². The summed E-state index contributed by atoms with van der Waals surface area (Å²) in [6.07, 6.45) is 2.87. The Kier molecular flexibility index (Phi) is 7.43. The Morgan fingerprint density at radius 1 is 1.11 bits per heavy atom. The minimum Gasteiger partial charge on any atom is -0.494 e. The fraction of sp³-hybridized carbons (Fsp3) is 0.500. The second kappa shape index (κ2) is 9.22. The van der Waals surface area contributed by atoms with Gasteiger partial charge in [0.05, 0.1) is 13.2 Å². The predicted molar refractivity (Wildman–Crippen MR) is 72.4 cm³/mol. The zero-order valence-corrected chi connectivity index (χ0v) is 11.0. The van der Waals surface area contributed by atoms with Crippen LogP contribution in [0.4, 0.5) is 4.79 Å². The van der Waals surface area contributed by atoms with Crippen LogP contribution in [0.2, 0.25) is 0 Å². The van der Waals surface area contributed by atoms with E-state index >= 15 is 0 Å². The fourth-order valence-electron chi connectivity index (χ4n) is 1.66. The molecule has 0 fully saturated rings. The predicted octanol–water partition coefficient (Wildman–Crippen LogP) is 2.39. The van der Waals surface area contributed by atoms with E-state index in [1.54, 1.807) is 0 Å². The Morgan fingerprint density at radius 2 is 1.79 bits per heavy atom. The average molecular weight is 267 g/mol. The Hall–Kier alpha value is -1.75. The number of amides is 1. The number of hydrogen-bond acceptors (Lipinski definition) is 3. The van der Waals surface area contributed by atoms with Gasteiger partial charge >= 0.3 is 6.09 Å². The Balaban J connectivity index is 1.99. The third-order valence-electron chi connectivity index (χ3n) is 2.72. The van der Waals surface area contributed by atoms with Crippen LogP contribution in [0.3, 0.4) is 0 Å². The van der Waals surface area contributed by atoms with Crippen LogP contribution in [0.15, 0.2) is 24.3 Å². The minimum atomic E-state index is -0.963. The molecule has 19 heavy (non-hydrogen) atoms. The molecule has 0 unspecified atom stereocenters. The molecule has 0 aromatic heterocycles. The van der Waals surface area contributed by atoms with Crippen molar-refractivity contribution in [2.75, 3.05) is 13.2 Å². The summed E-state index contributed by atoms with van der Waals surface area (Å²) in [6, 6.07) is 7.38. The first kappa shape index (κ1) is 15.3. The van der Waals surface area contributed by atoms with Gasteiger partial charge in [-0.3, -0.25) is 0 Å². The van der Waals surface area contributed by atoms with Gasteiger partial charge in [0.2, 0.25) is 0 Å². The summed E-state index contributed by atoms with van der Waals surface area (Å²) in [6.45, 7) is 1.22. The molecule has 5 nitrogen and oxygen atoms in total. The van der Waals surface area contributed by atoms with Gasteiger partial charge < -0.3 is 20.3 Å². The second-order valence-electron chi connectivity index (χ2n) is 4.30.